The summed E-state index contributed by atoms with van der Waals surface area (Å²) in [5.74, 6) is 0.891. The lowest BCUT2D eigenvalue weighted by Crippen LogP contribution is -2.56. The number of nitrogens with zero attached hydrogens (tertiary/aromatic N) is 1. The maximum atomic E-state index is 11.9. The van der Waals surface area contributed by atoms with Gasteiger partial charge >= 0.3 is 5.97 Å². The SMILES string of the molecule is CCCC1(C(=O)O)CCCN1C1CC(C)CC(C)C1. The molecule has 1 N–H and O–H groups in total. The van der Waals surface area contributed by atoms with Gasteiger partial charge in [0.25, 0.3) is 0 Å². The van der Waals surface area contributed by atoms with Crippen molar-refractivity contribution in [1.82, 2.24) is 4.90 Å². The average Bonchev–Trinajstić information content (AvgIpc) is 2.73. The van der Waals surface area contributed by atoms with Gasteiger partial charge in [-0.05, 0) is 56.9 Å². The highest BCUT2D eigenvalue weighted by Gasteiger charge is 2.50. The lowest BCUT2D eigenvalue weighted by atomic mass is 9.78. The summed E-state index contributed by atoms with van der Waals surface area (Å²) in [5.41, 5.74) is -0.559. The van der Waals surface area contributed by atoms with E-state index in [1.807, 2.05) is 0 Å². The molecule has 0 bridgehead atoms. The zero-order valence-electron chi connectivity index (χ0n) is 12.7. The highest BCUT2D eigenvalue weighted by molar-refractivity contribution is 5.79. The first-order valence-corrected chi connectivity index (χ1v) is 7.99. The van der Waals surface area contributed by atoms with Crippen LogP contribution in [-0.2, 0) is 4.79 Å². The Bertz CT molecular complexity index is 321. The molecule has 0 spiro atoms. The molecule has 110 valence electrons. The molecule has 1 aliphatic carbocycles. The Kier molecular flexibility index (Phi) is 4.54. The molecule has 0 radical (unpaired) electrons. The summed E-state index contributed by atoms with van der Waals surface area (Å²) >= 11 is 0. The van der Waals surface area contributed by atoms with Crippen molar-refractivity contribution >= 4 is 5.97 Å². The van der Waals surface area contributed by atoms with Crippen LogP contribution in [0.3, 0.4) is 0 Å². The molecule has 3 heteroatoms. The van der Waals surface area contributed by atoms with Gasteiger partial charge < -0.3 is 5.11 Å². The monoisotopic (exact) mass is 267 g/mol. The quantitative estimate of drug-likeness (QED) is 0.847. The van der Waals surface area contributed by atoms with Gasteiger partial charge in [0.05, 0.1) is 0 Å². The van der Waals surface area contributed by atoms with Crippen molar-refractivity contribution in [1.29, 1.82) is 0 Å². The second-order valence-electron chi connectivity index (χ2n) is 6.95. The molecule has 0 aromatic heterocycles. The summed E-state index contributed by atoms with van der Waals surface area (Å²) < 4.78 is 0. The van der Waals surface area contributed by atoms with Crippen LogP contribution in [-0.4, -0.2) is 34.1 Å². The number of rotatable bonds is 4. The first-order chi connectivity index (χ1) is 8.99. The van der Waals surface area contributed by atoms with Crippen LogP contribution in [0.2, 0.25) is 0 Å². The van der Waals surface area contributed by atoms with Crippen LogP contribution in [0.15, 0.2) is 0 Å². The number of aliphatic carboxylic acids is 1. The van der Waals surface area contributed by atoms with Gasteiger partial charge in [-0.25, -0.2) is 0 Å². The van der Waals surface area contributed by atoms with E-state index < -0.39 is 11.5 Å². The van der Waals surface area contributed by atoms with Gasteiger partial charge in [-0.15, -0.1) is 0 Å². The van der Waals surface area contributed by atoms with Crippen LogP contribution in [0.1, 0.15) is 65.7 Å². The van der Waals surface area contributed by atoms with Crippen molar-refractivity contribution in [3.63, 3.8) is 0 Å². The molecule has 1 aliphatic heterocycles. The summed E-state index contributed by atoms with van der Waals surface area (Å²) in [4.78, 5) is 14.3. The van der Waals surface area contributed by atoms with Gasteiger partial charge in [0.2, 0.25) is 0 Å². The van der Waals surface area contributed by atoms with E-state index in [2.05, 4.69) is 25.7 Å². The first-order valence-electron chi connectivity index (χ1n) is 7.99. The normalized spacial score (nSPS) is 40.5. The van der Waals surface area contributed by atoms with E-state index in [1.54, 1.807) is 0 Å². The molecule has 0 aromatic rings. The number of carbonyl (C=O) groups is 1. The van der Waals surface area contributed by atoms with Crippen LogP contribution in [0.25, 0.3) is 0 Å². The molecule has 3 nitrogen and oxygen atoms in total. The highest BCUT2D eigenvalue weighted by atomic mass is 16.4. The van der Waals surface area contributed by atoms with Gasteiger partial charge in [0.15, 0.2) is 0 Å². The fourth-order valence-corrected chi connectivity index (χ4v) is 4.61. The second-order valence-corrected chi connectivity index (χ2v) is 6.95. The third-order valence-electron chi connectivity index (χ3n) is 5.20. The maximum absolute atomic E-state index is 11.9. The molecule has 1 heterocycles. The fourth-order valence-electron chi connectivity index (χ4n) is 4.61. The number of hydrogen-bond acceptors (Lipinski definition) is 2. The summed E-state index contributed by atoms with van der Waals surface area (Å²) in [7, 11) is 0. The Balaban J connectivity index is 2.19. The van der Waals surface area contributed by atoms with Gasteiger partial charge in [-0.3, -0.25) is 9.69 Å². The molecule has 2 rings (SSSR count). The van der Waals surface area contributed by atoms with Gasteiger partial charge in [0, 0.05) is 6.04 Å². The largest absolute Gasteiger partial charge is 0.480 e. The number of carboxylic acids is 1. The smallest absolute Gasteiger partial charge is 0.324 e. The van der Waals surface area contributed by atoms with Crippen molar-refractivity contribution in [3.05, 3.63) is 0 Å². The van der Waals surface area contributed by atoms with E-state index in [-0.39, 0.29) is 0 Å². The van der Waals surface area contributed by atoms with Crippen LogP contribution in [0.5, 0.6) is 0 Å². The zero-order chi connectivity index (χ0) is 14.0. The van der Waals surface area contributed by atoms with E-state index in [9.17, 15) is 9.90 Å². The van der Waals surface area contributed by atoms with Crippen LogP contribution in [0, 0.1) is 11.8 Å². The fraction of sp³-hybridized carbons (Fsp3) is 0.938. The predicted octanol–water partition coefficient (Wildman–Crippen LogP) is 3.53. The zero-order valence-corrected chi connectivity index (χ0v) is 12.7. The minimum Gasteiger partial charge on any atom is -0.480 e. The van der Waals surface area contributed by atoms with Gasteiger partial charge in [-0.1, -0.05) is 27.2 Å². The van der Waals surface area contributed by atoms with Crippen molar-refractivity contribution in [2.75, 3.05) is 6.54 Å². The minimum atomic E-state index is -0.585. The summed E-state index contributed by atoms with van der Waals surface area (Å²) in [6, 6.07) is 0.490. The molecule has 0 amide bonds. The molecule has 2 aliphatic rings. The standard InChI is InChI=1S/C16H29NO2/c1-4-6-16(15(18)19)7-5-8-17(16)14-10-12(2)9-13(3)11-14/h12-14H,4-11H2,1-3H3,(H,18,19). The predicted molar refractivity (Wildman–Crippen MR) is 77.2 cm³/mol. The Morgan fingerprint density at radius 2 is 1.89 bits per heavy atom. The Labute approximate surface area is 117 Å². The maximum Gasteiger partial charge on any atom is 0.324 e. The summed E-state index contributed by atoms with van der Waals surface area (Å²) in [5, 5.41) is 9.79. The topological polar surface area (TPSA) is 40.5 Å². The molecular formula is C16H29NO2. The van der Waals surface area contributed by atoms with E-state index in [1.165, 1.54) is 19.3 Å². The van der Waals surface area contributed by atoms with E-state index in [4.69, 9.17) is 0 Å². The van der Waals surface area contributed by atoms with Gasteiger partial charge in [0.1, 0.15) is 5.54 Å². The van der Waals surface area contributed by atoms with E-state index in [0.29, 0.717) is 6.04 Å². The number of hydrogen-bond donors (Lipinski definition) is 1. The summed E-state index contributed by atoms with van der Waals surface area (Å²) in [6.45, 7) is 7.73. The highest BCUT2D eigenvalue weighted by Crippen LogP contribution is 2.41. The number of carboxylic acid groups (broad SMARTS) is 1. The van der Waals surface area contributed by atoms with Crippen LogP contribution in [0.4, 0.5) is 0 Å². The lowest BCUT2D eigenvalue weighted by molar-refractivity contribution is -0.152. The molecule has 1 saturated carbocycles. The van der Waals surface area contributed by atoms with Gasteiger partial charge in [-0.2, -0.15) is 0 Å². The first kappa shape index (κ1) is 14.8. The Morgan fingerprint density at radius 1 is 1.26 bits per heavy atom. The Morgan fingerprint density at radius 3 is 2.42 bits per heavy atom. The van der Waals surface area contributed by atoms with Crippen molar-refractivity contribution < 1.29 is 9.90 Å². The minimum absolute atomic E-state index is 0.490. The molecule has 19 heavy (non-hydrogen) atoms. The lowest BCUT2D eigenvalue weighted by Gasteiger charge is -2.44. The average molecular weight is 267 g/mol. The summed E-state index contributed by atoms with van der Waals surface area (Å²) in [6.07, 6.45) is 7.33. The van der Waals surface area contributed by atoms with Crippen molar-refractivity contribution in [2.45, 2.75) is 77.3 Å². The Hall–Kier alpha value is -0.570. The molecule has 0 aromatic carbocycles. The van der Waals surface area contributed by atoms with Crippen molar-refractivity contribution in [3.8, 4) is 0 Å². The molecule has 3 atom stereocenters. The number of likely N-dealkylation sites (tertiary alicyclic amines) is 1. The van der Waals surface area contributed by atoms with Crippen molar-refractivity contribution in [2.24, 2.45) is 11.8 Å². The third-order valence-corrected chi connectivity index (χ3v) is 5.20. The molecule has 2 fully saturated rings. The third kappa shape index (κ3) is 2.81. The van der Waals surface area contributed by atoms with Crippen LogP contribution < -0.4 is 0 Å². The molecule has 1 saturated heterocycles. The molecule has 3 unspecified atom stereocenters. The van der Waals surface area contributed by atoms with E-state index in [0.717, 1.165) is 44.1 Å². The van der Waals surface area contributed by atoms with Crippen LogP contribution >= 0.6 is 0 Å². The second kappa shape index (κ2) is 5.82. The molecular weight excluding hydrogens is 238 g/mol. The van der Waals surface area contributed by atoms with E-state index >= 15 is 0 Å².